The lowest BCUT2D eigenvalue weighted by Crippen LogP contribution is -2.34. The Bertz CT molecular complexity index is 1140. The van der Waals surface area contributed by atoms with E-state index in [1.807, 2.05) is 6.92 Å². The minimum atomic E-state index is -4.48. The Labute approximate surface area is 201 Å². The van der Waals surface area contributed by atoms with E-state index < -0.39 is 11.7 Å². The number of para-hydroxylation sites is 1. The summed E-state index contributed by atoms with van der Waals surface area (Å²) in [6.45, 7) is 2.01. The number of alkyl halides is 3. The zero-order valence-corrected chi connectivity index (χ0v) is 19.5. The maximum Gasteiger partial charge on any atom is 0.418 e. The minimum Gasteiger partial charge on any atom is -0.490 e. The van der Waals surface area contributed by atoms with Crippen LogP contribution in [0.3, 0.4) is 0 Å². The number of anilines is 1. The molecular weight excluding hydrogens is 465 g/mol. The molecule has 1 aliphatic rings. The minimum absolute atomic E-state index is 0.00556. The fourth-order valence-electron chi connectivity index (χ4n) is 4.77. The lowest BCUT2D eigenvalue weighted by Gasteiger charge is -2.33. The van der Waals surface area contributed by atoms with Gasteiger partial charge in [-0.25, -0.2) is 0 Å². The second-order valence-corrected chi connectivity index (χ2v) is 9.11. The van der Waals surface area contributed by atoms with Crippen LogP contribution in [0.25, 0.3) is 10.9 Å². The van der Waals surface area contributed by atoms with Gasteiger partial charge in [-0.3, -0.25) is 9.78 Å². The van der Waals surface area contributed by atoms with Gasteiger partial charge in [0.05, 0.1) is 17.2 Å². The SMILES string of the molecule is CCC(C(=O)Nc1ccc(Cl)cc1)C1CCC(Oc2ccnc3c(C(F)(F)F)cccc23)CC1. The van der Waals surface area contributed by atoms with Crippen molar-refractivity contribution in [1.82, 2.24) is 4.98 Å². The standard InChI is InChI=1S/C26H26ClF3N2O2/c1-2-20(25(33)32-18-10-8-17(27)9-11-18)16-6-12-19(13-7-16)34-23-14-15-31-24-21(23)4-3-5-22(24)26(28,29)30/h3-5,8-11,14-16,19-20H,2,6-7,12-13H2,1H3,(H,32,33). The highest BCUT2D eigenvalue weighted by Crippen LogP contribution is 2.38. The average molecular weight is 491 g/mol. The number of fused-ring (bicyclic) bond motifs is 1. The molecule has 1 fully saturated rings. The molecule has 34 heavy (non-hydrogen) atoms. The summed E-state index contributed by atoms with van der Waals surface area (Å²) in [4.78, 5) is 16.8. The molecule has 0 radical (unpaired) electrons. The molecule has 0 bridgehead atoms. The molecular formula is C26H26ClF3N2O2. The summed E-state index contributed by atoms with van der Waals surface area (Å²) in [5.41, 5.74) is -0.157. The highest BCUT2D eigenvalue weighted by molar-refractivity contribution is 6.30. The van der Waals surface area contributed by atoms with Gasteiger partial charge in [-0.15, -0.1) is 0 Å². The van der Waals surface area contributed by atoms with E-state index in [1.165, 1.54) is 12.3 Å². The maximum absolute atomic E-state index is 13.4. The highest BCUT2D eigenvalue weighted by atomic mass is 35.5. The van der Waals surface area contributed by atoms with E-state index in [1.54, 1.807) is 36.4 Å². The summed E-state index contributed by atoms with van der Waals surface area (Å²) in [6, 6.07) is 12.7. The first kappa shape index (κ1) is 24.3. The molecule has 4 nitrogen and oxygen atoms in total. The number of carbonyl (C=O) groups excluding carboxylic acids is 1. The van der Waals surface area contributed by atoms with Gasteiger partial charge in [-0.05, 0) is 80.5 Å². The van der Waals surface area contributed by atoms with Crippen molar-refractivity contribution in [3.05, 3.63) is 65.3 Å². The summed E-state index contributed by atoms with van der Waals surface area (Å²) in [7, 11) is 0. The van der Waals surface area contributed by atoms with Gasteiger partial charge in [0.2, 0.25) is 5.91 Å². The molecule has 1 unspecified atom stereocenters. The Balaban J connectivity index is 1.40. The monoisotopic (exact) mass is 490 g/mol. The van der Waals surface area contributed by atoms with Crippen LogP contribution in [-0.4, -0.2) is 17.0 Å². The number of aromatic nitrogens is 1. The van der Waals surface area contributed by atoms with Gasteiger partial charge in [0, 0.05) is 28.2 Å². The van der Waals surface area contributed by atoms with E-state index in [0.29, 0.717) is 21.8 Å². The molecule has 1 heterocycles. The summed E-state index contributed by atoms with van der Waals surface area (Å²) < 4.78 is 46.2. The van der Waals surface area contributed by atoms with Crippen LogP contribution < -0.4 is 10.1 Å². The van der Waals surface area contributed by atoms with Gasteiger partial charge in [0.15, 0.2) is 0 Å². The Hall–Kier alpha value is -2.80. The zero-order valence-electron chi connectivity index (χ0n) is 18.7. The largest absolute Gasteiger partial charge is 0.490 e. The first-order valence-corrected chi connectivity index (χ1v) is 11.8. The third-order valence-electron chi connectivity index (χ3n) is 6.51. The molecule has 180 valence electrons. The molecule has 1 saturated carbocycles. The summed E-state index contributed by atoms with van der Waals surface area (Å²) >= 11 is 5.91. The van der Waals surface area contributed by atoms with Crippen molar-refractivity contribution in [3.8, 4) is 5.75 Å². The van der Waals surface area contributed by atoms with Crippen molar-refractivity contribution >= 4 is 34.1 Å². The molecule has 1 amide bonds. The Morgan fingerprint density at radius 2 is 1.82 bits per heavy atom. The fourth-order valence-corrected chi connectivity index (χ4v) is 4.90. The van der Waals surface area contributed by atoms with E-state index in [0.717, 1.165) is 38.2 Å². The third kappa shape index (κ3) is 5.46. The van der Waals surface area contributed by atoms with Crippen molar-refractivity contribution < 1.29 is 22.7 Å². The second kappa shape index (κ2) is 10.2. The number of amides is 1. The fraction of sp³-hybridized carbons (Fsp3) is 0.385. The molecule has 0 saturated heterocycles. The van der Waals surface area contributed by atoms with Crippen LogP contribution in [-0.2, 0) is 11.0 Å². The zero-order chi connectivity index (χ0) is 24.3. The molecule has 1 aromatic heterocycles. The number of halogens is 4. The second-order valence-electron chi connectivity index (χ2n) is 8.67. The highest BCUT2D eigenvalue weighted by Gasteiger charge is 2.34. The van der Waals surface area contributed by atoms with Gasteiger partial charge in [0.1, 0.15) is 5.75 Å². The van der Waals surface area contributed by atoms with E-state index in [4.69, 9.17) is 16.3 Å². The van der Waals surface area contributed by atoms with Crippen LogP contribution >= 0.6 is 11.6 Å². The molecule has 0 spiro atoms. The van der Waals surface area contributed by atoms with E-state index in [9.17, 15) is 18.0 Å². The number of hydrogen-bond acceptors (Lipinski definition) is 3. The van der Waals surface area contributed by atoms with Gasteiger partial charge in [-0.2, -0.15) is 13.2 Å². The van der Waals surface area contributed by atoms with Crippen molar-refractivity contribution in [2.75, 3.05) is 5.32 Å². The Morgan fingerprint density at radius 3 is 2.47 bits per heavy atom. The predicted octanol–water partition coefficient (Wildman–Crippen LogP) is 7.51. The van der Waals surface area contributed by atoms with E-state index >= 15 is 0 Å². The third-order valence-corrected chi connectivity index (χ3v) is 6.76. The molecule has 1 atom stereocenters. The van der Waals surface area contributed by atoms with Gasteiger partial charge in [-0.1, -0.05) is 24.6 Å². The number of nitrogens with one attached hydrogen (secondary N) is 1. The van der Waals surface area contributed by atoms with Gasteiger partial charge >= 0.3 is 6.18 Å². The average Bonchev–Trinajstić information content (AvgIpc) is 2.81. The molecule has 8 heteroatoms. The molecule has 1 aliphatic carbocycles. The maximum atomic E-state index is 13.4. The van der Waals surface area contributed by atoms with Gasteiger partial charge in [0.25, 0.3) is 0 Å². The first-order chi connectivity index (χ1) is 16.3. The van der Waals surface area contributed by atoms with Crippen LogP contribution in [0.15, 0.2) is 54.7 Å². The quantitative estimate of drug-likeness (QED) is 0.389. The summed E-state index contributed by atoms with van der Waals surface area (Å²) in [6.07, 6.45) is 0.578. The normalized spacial score (nSPS) is 19.6. The van der Waals surface area contributed by atoms with E-state index in [-0.39, 0.29) is 29.4 Å². The molecule has 4 rings (SSSR count). The van der Waals surface area contributed by atoms with Gasteiger partial charge < -0.3 is 10.1 Å². The summed E-state index contributed by atoms with van der Waals surface area (Å²) in [5.74, 6) is 0.511. The van der Waals surface area contributed by atoms with Crippen LogP contribution in [0.5, 0.6) is 5.75 Å². The number of rotatable bonds is 6. The van der Waals surface area contributed by atoms with Crippen molar-refractivity contribution in [1.29, 1.82) is 0 Å². The van der Waals surface area contributed by atoms with Crippen molar-refractivity contribution in [3.63, 3.8) is 0 Å². The molecule has 1 N–H and O–H groups in total. The van der Waals surface area contributed by atoms with Crippen LogP contribution in [0, 0.1) is 11.8 Å². The Kier molecular flexibility index (Phi) is 7.31. The number of carbonyl (C=O) groups is 1. The van der Waals surface area contributed by atoms with Crippen LogP contribution in [0.2, 0.25) is 5.02 Å². The number of ether oxygens (including phenoxy) is 1. The molecule has 2 aromatic carbocycles. The smallest absolute Gasteiger partial charge is 0.418 e. The number of hydrogen-bond donors (Lipinski definition) is 1. The number of benzene rings is 2. The Morgan fingerprint density at radius 1 is 1.12 bits per heavy atom. The van der Waals surface area contributed by atoms with E-state index in [2.05, 4.69) is 10.3 Å². The lowest BCUT2D eigenvalue weighted by molar-refractivity contribution is -0.136. The lowest BCUT2D eigenvalue weighted by atomic mass is 9.77. The number of nitrogens with zero attached hydrogens (tertiary/aromatic N) is 1. The number of pyridine rings is 1. The van der Waals surface area contributed by atoms with Crippen LogP contribution in [0.1, 0.15) is 44.6 Å². The first-order valence-electron chi connectivity index (χ1n) is 11.4. The van der Waals surface area contributed by atoms with Crippen LogP contribution in [0.4, 0.5) is 18.9 Å². The molecule has 3 aromatic rings. The van der Waals surface area contributed by atoms with Crippen molar-refractivity contribution in [2.24, 2.45) is 11.8 Å². The molecule has 0 aliphatic heterocycles. The topological polar surface area (TPSA) is 51.2 Å². The van der Waals surface area contributed by atoms with Crippen molar-refractivity contribution in [2.45, 2.75) is 51.3 Å². The summed E-state index contributed by atoms with van der Waals surface area (Å²) in [5, 5.41) is 3.94. The predicted molar refractivity (Wildman–Crippen MR) is 127 cm³/mol.